The molecular formula is C19H27N4O6P. The SMILES string of the molecule is N=C(N)c1ccc(OCCCCCOc2ccc(C(=N)N)cc2)cc1.O=P(O)(O)O. The van der Waals surface area contributed by atoms with Crippen LogP contribution in [-0.4, -0.2) is 39.6 Å². The Bertz CT molecular complexity index is 783. The lowest BCUT2D eigenvalue weighted by Crippen LogP contribution is -2.10. The summed E-state index contributed by atoms with van der Waals surface area (Å²) in [6.07, 6.45) is 2.90. The van der Waals surface area contributed by atoms with Gasteiger partial charge in [0, 0.05) is 11.1 Å². The van der Waals surface area contributed by atoms with Crippen LogP contribution in [0.15, 0.2) is 48.5 Å². The van der Waals surface area contributed by atoms with Crippen LogP contribution in [0, 0.1) is 10.8 Å². The Kier molecular flexibility index (Phi) is 10.6. The van der Waals surface area contributed by atoms with Gasteiger partial charge in [-0.1, -0.05) is 0 Å². The quantitative estimate of drug-likeness (QED) is 0.126. The van der Waals surface area contributed by atoms with Gasteiger partial charge in [-0.3, -0.25) is 10.8 Å². The predicted octanol–water partition coefficient (Wildman–Crippen LogP) is 1.95. The minimum Gasteiger partial charge on any atom is -0.494 e. The number of amidine groups is 2. The molecule has 30 heavy (non-hydrogen) atoms. The molecule has 0 heterocycles. The number of unbranched alkanes of at least 4 members (excludes halogenated alkanes) is 2. The molecule has 9 N–H and O–H groups in total. The third-order valence-corrected chi connectivity index (χ3v) is 3.66. The molecule has 0 saturated heterocycles. The van der Waals surface area contributed by atoms with Crippen molar-refractivity contribution < 1.29 is 28.7 Å². The maximum atomic E-state index is 8.88. The lowest BCUT2D eigenvalue weighted by atomic mass is 10.2. The average Bonchev–Trinajstić information content (AvgIpc) is 2.66. The Morgan fingerprint density at radius 2 is 1.03 bits per heavy atom. The Balaban J connectivity index is 0.000000804. The lowest BCUT2D eigenvalue weighted by Gasteiger charge is -2.08. The molecule has 0 fully saturated rings. The zero-order valence-corrected chi connectivity index (χ0v) is 17.2. The van der Waals surface area contributed by atoms with Crippen molar-refractivity contribution in [3.8, 4) is 11.5 Å². The Labute approximate surface area is 174 Å². The van der Waals surface area contributed by atoms with Crippen molar-refractivity contribution in [2.24, 2.45) is 11.5 Å². The van der Waals surface area contributed by atoms with Crippen molar-refractivity contribution in [1.29, 1.82) is 10.8 Å². The highest BCUT2D eigenvalue weighted by Gasteiger charge is 2.01. The lowest BCUT2D eigenvalue weighted by molar-refractivity contribution is 0.275. The van der Waals surface area contributed by atoms with Gasteiger partial charge in [-0.15, -0.1) is 0 Å². The van der Waals surface area contributed by atoms with E-state index in [1.807, 2.05) is 24.3 Å². The van der Waals surface area contributed by atoms with E-state index in [1.165, 1.54) is 0 Å². The van der Waals surface area contributed by atoms with E-state index < -0.39 is 7.82 Å². The fourth-order valence-corrected chi connectivity index (χ4v) is 2.22. The minimum absolute atomic E-state index is 0.0579. The van der Waals surface area contributed by atoms with Crippen molar-refractivity contribution >= 4 is 19.5 Å². The van der Waals surface area contributed by atoms with Crippen LogP contribution in [0.1, 0.15) is 30.4 Å². The molecule has 2 aromatic carbocycles. The average molecular weight is 438 g/mol. The van der Waals surface area contributed by atoms with Gasteiger partial charge >= 0.3 is 7.82 Å². The molecular weight excluding hydrogens is 411 g/mol. The molecule has 0 aliphatic heterocycles. The van der Waals surface area contributed by atoms with Gasteiger partial charge in [0.25, 0.3) is 0 Å². The van der Waals surface area contributed by atoms with E-state index >= 15 is 0 Å². The number of nitrogen functional groups attached to an aromatic ring is 2. The molecule has 0 spiro atoms. The van der Waals surface area contributed by atoms with E-state index in [-0.39, 0.29) is 11.7 Å². The molecule has 2 aromatic rings. The molecule has 0 aliphatic carbocycles. The highest BCUT2D eigenvalue weighted by Crippen LogP contribution is 2.25. The van der Waals surface area contributed by atoms with Gasteiger partial charge in [0.1, 0.15) is 23.2 Å². The van der Waals surface area contributed by atoms with E-state index in [0.29, 0.717) is 24.3 Å². The zero-order chi connectivity index (χ0) is 22.6. The summed E-state index contributed by atoms with van der Waals surface area (Å²) in [5.74, 6) is 1.68. The van der Waals surface area contributed by atoms with E-state index in [0.717, 1.165) is 30.8 Å². The van der Waals surface area contributed by atoms with Gasteiger partial charge in [-0.2, -0.15) is 0 Å². The van der Waals surface area contributed by atoms with Crippen LogP contribution in [0.5, 0.6) is 11.5 Å². The minimum atomic E-state index is -4.64. The van der Waals surface area contributed by atoms with Gasteiger partial charge in [0.2, 0.25) is 0 Å². The number of nitrogens with two attached hydrogens (primary N) is 2. The summed E-state index contributed by atoms with van der Waals surface area (Å²) >= 11 is 0. The van der Waals surface area contributed by atoms with Crippen LogP contribution in [0.3, 0.4) is 0 Å². The van der Waals surface area contributed by atoms with Gasteiger partial charge in [0.15, 0.2) is 0 Å². The molecule has 2 rings (SSSR count). The fourth-order valence-electron chi connectivity index (χ4n) is 2.22. The maximum absolute atomic E-state index is 8.88. The molecule has 10 nitrogen and oxygen atoms in total. The van der Waals surface area contributed by atoms with Crippen LogP contribution in [0.4, 0.5) is 0 Å². The predicted molar refractivity (Wildman–Crippen MR) is 114 cm³/mol. The van der Waals surface area contributed by atoms with Crippen molar-refractivity contribution in [2.75, 3.05) is 13.2 Å². The highest BCUT2D eigenvalue weighted by atomic mass is 31.2. The third-order valence-electron chi connectivity index (χ3n) is 3.66. The van der Waals surface area contributed by atoms with E-state index in [2.05, 4.69) is 0 Å². The second-order valence-electron chi connectivity index (χ2n) is 6.15. The Morgan fingerprint density at radius 3 is 1.30 bits per heavy atom. The third kappa shape index (κ3) is 11.8. The fraction of sp³-hybridized carbons (Fsp3) is 0.263. The van der Waals surface area contributed by atoms with Gasteiger partial charge in [0.05, 0.1) is 13.2 Å². The van der Waals surface area contributed by atoms with Crippen LogP contribution in [-0.2, 0) is 4.57 Å². The number of hydrogen-bond acceptors (Lipinski definition) is 5. The molecule has 0 amide bonds. The Morgan fingerprint density at radius 1 is 0.733 bits per heavy atom. The highest BCUT2D eigenvalue weighted by molar-refractivity contribution is 7.45. The number of hydrogen-bond donors (Lipinski definition) is 7. The number of nitrogens with one attached hydrogen (secondary N) is 2. The van der Waals surface area contributed by atoms with Gasteiger partial charge in [-0.05, 0) is 67.8 Å². The molecule has 0 aromatic heterocycles. The maximum Gasteiger partial charge on any atom is 0.466 e. The van der Waals surface area contributed by atoms with Crippen molar-refractivity contribution in [2.45, 2.75) is 19.3 Å². The molecule has 11 heteroatoms. The van der Waals surface area contributed by atoms with Crippen LogP contribution < -0.4 is 20.9 Å². The van der Waals surface area contributed by atoms with Crippen LogP contribution >= 0.6 is 7.82 Å². The first-order valence-electron chi connectivity index (χ1n) is 8.99. The molecule has 164 valence electrons. The molecule has 0 unspecified atom stereocenters. The normalized spacial score (nSPS) is 10.5. The monoisotopic (exact) mass is 438 g/mol. The Hall–Kier alpha value is -2.91. The molecule has 0 radical (unpaired) electrons. The first-order valence-corrected chi connectivity index (χ1v) is 10.6. The van der Waals surface area contributed by atoms with Crippen molar-refractivity contribution in [3.05, 3.63) is 59.7 Å². The van der Waals surface area contributed by atoms with E-state index in [1.54, 1.807) is 24.3 Å². The first kappa shape index (κ1) is 25.1. The molecule has 0 atom stereocenters. The standard InChI is InChI=1S/C19H24N4O2.H3O4P/c20-18(21)14-4-8-16(9-5-14)24-12-2-1-3-13-25-17-10-6-15(7-11-17)19(22)23;1-5(2,3)4/h4-11H,1-3,12-13H2,(H3,20,21)(H3,22,23);(H3,1,2,3,4). The van der Waals surface area contributed by atoms with E-state index in [4.69, 9.17) is 51.0 Å². The van der Waals surface area contributed by atoms with Gasteiger partial charge < -0.3 is 35.6 Å². The van der Waals surface area contributed by atoms with E-state index in [9.17, 15) is 0 Å². The molecule has 0 aliphatic rings. The van der Waals surface area contributed by atoms with Crippen molar-refractivity contribution in [3.63, 3.8) is 0 Å². The summed E-state index contributed by atoms with van der Waals surface area (Å²) in [7, 11) is -4.64. The summed E-state index contributed by atoms with van der Waals surface area (Å²) in [5.41, 5.74) is 12.2. The second kappa shape index (κ2) is 12.6. The smallest absolute Gasteiger partial charge is 0.466 e. The summed E-state index contributed by atoms with van der Waals surface area (Å²) in [5, 5.41) is 14.7. The summed E-state index contributed by atoms with van der Waals surface area (Å²) < 4.78 is 20.2. The largest absolute Gasteiger partial charge is 0.494 e. The van der Waals surface area contributed by atoms with Crippen molar-refractivity contribution in [1.82, 2.24) is 0 Å². The summed E-state index contributed by atoms with van der Waals surface area (Å²) in [4.78, 5) is 21.6. The topological polar surface area (TPSA) is 196 Å². The zero-order valence-electron chi connectivity index (χ0n) is 16.3. The number of benzene rings is 2. The second-order valence-corrected chi connectivity index (χ2v) is 7.17. The first-order chi connectivity index (χ1) is 14.1. The molecule has 0 bridgehead atoms. The number of ether oxygens (including phenoxy) is 2. The number of rotatable bonds is 10. The summed E-state index contributed by atoms with van der Waals surface area (Å²) in [6, 6.07) is 14.4. The number of phosphoric acid groups is 1. The molecule has 0 saturated carbocycles. The van der Waals surface area contributed by atoms with Crippen LogP contribution in [0.2, 0.25) is 0 Å². The van der Waals surface area contributed by atoms with Crippen LogP contribution in [0.25, 0.3) is 0 Å². The van der Waals surface area contributed by atoms with Gasteiger partial charge in [-0.25, -0.2) is 4.57 Å². The summed E-state index contributed by atoms with van der Waals surface area (Å²) in [6.45, 7) is 1.29.